The van der Waals surface area contributed by atoms with Crippen LogP contribution in [0, 0.1) is 11.2 Å². The molecule has 0 saturated heterocycles. The summed E-state index contributed by atoms with van der Waals surface area (Å²) < 4.78 is 21.7. The van der Waals surface area contributed by atoms with E-state index in [0.717, 1.165) is 11.1 Å². The fourth-order valence-corrected chi connectivity index (χ4v) is 5.14. The van der Waals surface area contributed by atoms with Crippen LogP contribution in [0.15, 0.2) is 53.5 Å². The number of Topliss-reactive ketones (excluding diaryl/α,β-unsaturated/α-hetero) is 1. The zero-order chi connectivity index (χ0) is 22.2. The highest BCUT2D eigenvalue weighted by molar-refractivity contribution is 6.32. The molecule has 1 aliphatic carbocycles. The third kappa shape index (κ3) is 2.64. The summed E-state index contributed by atoms with van der Waals surface area (Å²) in [7, 11) is 0. The number of fused-ring (bicyclic) bond motifs is 3. The number of halogens is 2. The molecule has 1 spiro atoms. The molecular weight excluding hydrogens is 435 g/mol. The summed E-state index contributed by atoms with van der Waals surface area (Å²) in [6.07, 6.45) is 2.85. The van der Waals surface area contributed by atoms with Crippen molar-refractivity contribution >= 4 is 17.4 Å². The topological polar surface area (TPSA) is 71.8 Å². The molecule has 6 rings (SSSR count). The molecule has 0 amide bonds. The first-order chi connectivity index (χ1) is 15.4. The third-order valence-corrected chi connectivity index (χ3v) is 7.00. The molecule has 3 aromatic rings. The lowest BCUT2D eigenvalue weighted by Crippen LogP contribution is -2.51. The van der Waals surface area contributed by atoms with Gasteiger partial charge in [0.2, 0.25) is 5.43 Å². The van der Waals surface area contributed by atoms with Crippen LogP contribution >= 0.6 is 11.6 Å². The quantitative estimate of drug-likeness (QED) is 0.605. The molecule has 0 bridgehead atoms. The van der Waals surface area contributed by atoms with E-state index >= 15 is 0 Å². The lowest BCUT2D eigenvalue weighted by molar-refractivity contribution is 0.0857. The normalized spacial score (nSPS) is 20.1. The Morgan fingerprint density at radius 3 is 2.72 bits per heavy atom. The van der Waals surface area contributed by atoms with Crippen LogP contribution in [-0.2, 0) is 6.61 Å². The molecule has 3 aliphatic rings. The number of rotatable bonds is 1. The van der Waals surface area contributed by atoms with Crippen LogP contribution in [-0.4, -0.2) is 22.1 Å². The number of carbonyl (C=O) groups excluding carboxylic acids is 1. The van der Waals surface area contributed by atoms with Crippen molar-refractivity contribution in [2.75, 3.05) is 11.6 Å². The summed E-state index contributed by atoms with van der Waals surface area (Å²) >= 11 is 6.47. The van der Waals surface area contributed by atoms with Crippen molar-refractivity contribution in [3.63, 3.8) is 0 Å². The van der Waals surface area contributed by atoms with Gasteiger partial charge < -0.3 is 9.84 Å². The van der Waals surface area contributed by atoms with Crippen molar-refractivity contribution < 1.29 is 19.0 Å². The highest BCUT2D eigenvalue weighted by atomic mass is 35.5. The van der Waals surface area contributed by atoms with Gasteiger partial charge in [0.05, 0.1) is 16.5 Å². The first-order valence-electron chi connectivity index (χ1n) is 10.4. The fraction of sp³-hybridized carbons (Fsp3) is 0.250. The predicted octanol–water partition coefficient (Wildman–Crippen LogP) is 3.94. The smallest absolute Gasteiger partial charge is 0.224 e. The molecule has 1 N–H and O–H groups in total. The SMILES string of the molecule is O=C1c2c(O)c(=O)ccn2N(C2c3ccc(F)cc3COc3c(Cl)cccc32)CC12CC2. The van der Waals surface area contributed by atoms with Gasteiger partial charge in [-0.1, -0.05) is 29.8 Å². The van der Waals surface area contributed by atoms with Crippen molar-refractivity contribution in [3.8, 4) is 11.5 Å². The van der Waals surface area contributed by atoms with Crippen molar-refractivity contribution in [3.05, 3.63) is 92.1 Å². The van der Waals surface area contributed by atoms with E-state index < -0.39 is 22.6 Å². The van der Waals surface area contributed by atoms with E-state index in [0.29, 0.717) is 35.7 Å². The van der Waals surface area contributed by atoms with Crippen LogP contribution in [0.4, 0.5) is 4.39 Å². The van der Waals surface area contributed by atoms with E-state index in [-0.39, 0.29) is 23.9 Å². The van der Waals surface area contributed by atoms with Crippen LogP contribution in [0.5, 0.6) is 11.5 Å². The van der Waals surface area contributed by atoms with Crippen molar-refractivity contribution in [1.82, 2.24) is 4.68 Å². The lowest BCUT2D eigenvalue weighted by Gasteiger charge is -2.42. The van der Waals surface area contributed by atoms with Crippen LogP contribution in [0.25, 0.3) is 0 Å². The molecule has 6 nitrogen and oxygen atoms in total. The highest BCUT2D eigenvalue weighted by Crippen LogP contribution is 2.54. The zero-order valence-corrected chi connectivity index (χ0v) is 17.6. The summed E-state index contributed by atoms with van der Waals surface area (Å²) in [4.78, 5) is 25.4. The van der Waals surface area contributed by atoms with Gasteiger partial charge in [-0.2, -0.15) is 0 Å². The van der Waals surface area contributed by atoms with E-state index in [1.807, 2.05) is 17.1 Å². The third-order valence-electron chi connectivity index (χ3n) is 6.71. The Labute approximate surface area is 187 Å². The minimum atomic E-state index is -0.655. The zero-order valence-electron chi connectivity index (χ0n) is 16.8. The molecule has 1 unspecified atom stereocenters. The molecule has 1 aromatic heterocycles. The number of carbonyl (C=O) groups is 1. The van der Waals surface area contributed by atoms with Crippen molar-refractivity contribution in [1.29, 1.82) is 0 Å². The standard InChI is InChI=1S/C24H18ClFN2O4/c25-17-3-1-2-16-19(15-5-4-14(26)10-13(15)11-32-22(16)17)28-12-24(7-8-24)23(31)20-21(30)18(29)6-9-27(20)28/h1-6,9-10,19,30H,7-8,11-12H2. The molecule has 162 valence electrons. The van der Waals surface area contributed by atoms with Gasteiger partial charge >= 0.3 is 0 Å². The van der Waals surface area contributed by atoms with Crippen LogP contribution < -0.4 is 15.2 Å². The number of nitrogens with zero attached hydrogens (tertiary/aromatic N) is 2. The minimum absolute atomic E-state index is 0.0151. The molecule has 2 aromatic carbocycles. The molecule has 1 saturated carbocycles. The Morgan fingerprint density at radius 2 is 1.94 bits per heavy atom. The van der Waals surface area contributed by atoms with Gasteiger partial charge in [0.1, 0.15) is 18.2 Å². The van der Waals surface area contributed by atoms with Gasteiger partial charge in [0.15, 0.2) is 17.2 Å². The molecule has 32 heavy (non-hydrogen) atoms. The van der Waals surface area contributed by atoms with Crippen LogP contribution in [0.3, 0.4) is 0 Å². The average molecular weight is 453 g/mol. The number of aromatic nitrogens is 1. The van der Waals surface area contributed by atoms with E-state index in [9.17, 15) is 19.1 Å². The molecule has 1 fully saturated rings. The van der Waals surface area contributed by atoms with E-state index in [1.165, 1.54) is 24.4 Å². The number of para-hydroxylation sites is 1. The maximum Gasteiger partial charge on any atom is 0.224 e. The summed E-state index contributed by atoms with van der Waals surface area (Å²) in [5.74, 6) is -0.662. The molecule has 8 heteroatoms. The van der Waals surface area contributed by atoms with Crippen molar-refractivity contribution in [2.24, 2.45) is 5.41 Å². The number of pyridine rings is 1. The average Bonchev–Trinajstić information content (AvgIpc) is 3.56. The second-order valence-corrected chi connectivity index (χ2v) is 9.03. The highest BCUT2D eigenvalue weighted by Gasteiger charge is 2.56. The van der Waals surface area contributed by atoms with Gasteiger partial charge in [0, 0.05) is 24.4 Å². The Balaban J connectivity index is 1.65. The fourth-order valence-electron chi connectivity index (χ4n) is 4.90. The summed E-state index contributed by atoms with van der Waals surface area (Å²) in [5.41, 5.74) is 0.961. The number of benzene rings is 2. The molecule has 0 radical (unpaired) electrons. The first kappa shape index (κ1) is 19.4. The summed E-state index contributed by atoms with van der Waals surface area (Å²) in [6.45, 7) is 0.523. The Kier molecular flexibility index (Phi) is 3.99. The maximum atomic E-state index is 14.1. The molecular formula is C24H18ClFN2O4. The Morgan fingerprint density at radius 1 is 1.12 bits per heavy atom. The largest absolute Gasteiger partial charge is 0.503 e. The van der Waals surface area contributed by atoms with Gasteiger partial charge in [0.25, 0.3) is 0 Å². The number of ether oxygens (including phenoxy) is 1. The van der Waals surface area contributed by atoms with E-state index in [1.54, 1.807) is 16.8 Å². The summed E-state index contributed by atoms with van der Waals surface area (Å²) in [6, 6.07) is 10.7. The van der Waals surface area contributed by atoms with Gasteiger partial charge in [-0.05, 0) is 42.2 Å². The molecule has 2 aliphatic heterocycles. The van der Waals surface area contributed by atoms with E-state index in [4.69, 9.17) is 16.3 Å². The van der Waals surface area contributed by atoms with Crippen LogP contribution in [0.1, 0.15) is 46.1 Å². The van der Waals surface area contributed by atoms with Gasteiger partial charge in [-0.15, -0.1) is 0 Å². The van der Waals surface area contributed by atoms with Gasteiger partial charge in [-0.25, -0.2) is 4.39 Å². The predicted molar refractivity (Wildman–Crippen MR) is 115 cm³/mol. The second kappa shape index (κ2) is 6.59. The van der Waals surface area contributed by atoms with Crippen LogP contribution in [0.2, 0.25) is 5.02 Å². The number of hydrogen-bond acceptors (Lipinski definition) is 5. The molecule has 1 atom stereocenters. The van der Waals surface area contributed by atoms with E-state index in [2.05, 4.69) is 0 Å². The Bertz CT molecular complexity index is 1360. The van der Waals surface area contributed by atoms with Gasteiger partial charge in [-0.3, -0.25) is 19.3 Å². The lowest BCUT2D eigenvalue weighted by atomic mass is 9.90. The Hall–Kier alpha value is -3.32. The maximum absolute atomic E-state index is 14.1. The van der Waals surface area contributed by atoms with Crippen molar-refractivity contribution in [2.45, 2.75) is 25.5 Å². The molecule has 3 heterocycles. The number of hydrogen-bond donors (Lipinski definition) is 1. The minimum Gasteiger partial charge on any atom is -0.503 e. The number of ketones is 1. The summed E-state index contributed by atoms with van der Waals surface area (Å²) in [5, 5.41) is 12.9. The monoisotopic (exact) mass is 452 g/mol. The first-order valence-corrected chi connectivity index (χ1v) is 10.7. The number of aromatic hydroxyl groups is 1. The second-order valence-electron chi connectivity index (χ2n) is 8.62.